The molecular formula is C28H30N2O4. The second-order valence-electron chi connectivity index (χ2n) is 8.18. The zero-order chi connectivity index (χ0) is 23.5. The van der Waals surface area contributed by atoms with E-state index in [1.807, 2.05) is 69.3 Å². The lowest BCUT2D eigenvalue weighted by Gasteiger charge is -2.38. The van der Waals surface area contributed by atoms with Gasteiger partial charge in [0.25, 0.3) is 0 Å². The van der Waals surface area contributed by atoms with E-state index in [0.29, 0.717) is 19.8 Å². The fourth-order valence-corrected chi connectivity index (χ4v) is 4.55. The maximum Gasteiger partial charge on any atom is 0.214 e. The van der Waals surface area contributed by atoms with Crippen LogP contribution in [0, 0.1) is 0 Å². The van der Waals surface area contributed by atoms with Gasteiger partial charge in [0, 0.05) is 17.5 Å². The Morgan fingerprint density at radius 1 is 0.824 bits per heavy atom. The van der Waals surface area contributed by atoms with Crippen LogP contribution in [-0.2, 0) is 0 Å². The maximum atomic E-state index is 6.58. The number of hydrazone groups is 1. The van der Waals surface area contributed by atoms with Crippen molar-refractivity contribution in [2.75, 3.05) is 19.8 Å². The predicted octanol–water partition coefficient (Wildman–Crippen LogP) is 6.13. The van der Waals surface area contributed by atoms with Crippen molar-refractivity contribution in [3.05, 3.63) is 83.4 Å². The highest BCUT2D eigenvalue weighted by Gasteiger charge is 2.42. The van der Waals surface area contributed by atoms with Crippen molar-refractivity contribution < 1.29 is 18.9 Å². The molecule has 3 aromatic rings. The number of rotatable bonds is 8. The largest absolute Gasteiger partial charge is 0.494 e. The van der Waals surface area contributed by atoms with Gasteiger partial charge in [0.15, 0.2) is 11.5 Å². The minimum Gasteiger partial charge on any atom is -0.494 e. The summed E-state index contributed by atoms with van der Waals surface area (Å²) in [6, 6.07) is 22.4. The third kappa shape index (κ3) is 4.16. The third-order valence-corrected chi connectivity index (χ3v) is 6.05. The molecule has 0 saturated carbocycles. The smallest absolute Gasteiger partial charge is 0.214 e. The van der Waals surface area contributed by atoms with E-state index in [4.69, 9.17) is 24.0 Å². The Morgan fingerprint density at radius 2 is 1.47 bits per heavy atom. The van der Waals surface area contributed by atoms with E-state index in [2.05, 4.69) is 23.2 Å². The van der Waals surface area contributed by atoms with Crippen molar-refractivity contribution in [1.29, 1.82) is 0 Å². The van der Waals surface area contributed by atoms with Crippen LogP contribution in [0.3, 0.4) is 0 Å². The normalized spacial score (nSPS) is 18.4. The van der Waals surface area contributed by atoms with Crippen LogP contribution >= 0.6 is 0 Å². The molecule has 6 nitrogen and oxygen atoms in total. The van der Waals surface area contributed by atoms with Gasteiger partial charge >= 0.3 is 0 Å². The number of para-hydroxylation sites is 1. The molecule has 2 aliphatic heterocycles. The van der Waals surface area contributed by atoms with Crippen molar-refractivity contribution in [1.82, 2.24) is 5.01 Å². The van der Waals surface area contributed by atoms with Crippen LogP contribution in [0.15, 0.2) is 71.8 Å². The molecular weight excluding hydrogens is 428 g/mol. The lowest BCUT2D eigenvalue weighted by Crippen LogP contribution is -2.33. The van der Waals surface area contributed by atoms with Crippen molar-refractivity contribution >= 4 is 5.71 Å². The summed E-state index contributed by atoms with van der Waals surface area (Å²) in [6.45, 7) is 7.82. The molecule has 0 N–H and O–H groups in total. The summed E-state index contributed by atoms with van der Waals surface area (Å²) in [5.41, 5.74) is 4.23. The van der Waals surface area contributed by atoms with Crippen molar-refractivity contribution in [2.24, 2.45) is 5.10 Å². The van der Waals surface area contributed by atoms with E-state index in [-0.39, 0.29) is 12.3 Å². The summed E-state index contributed by atoms with van der Waals surface area (Å²) in [5, 5.41) is 7.14. The second kappa shape index (κ2) is 9.67. The molecule has 0 radical (unpaired) electrons. The van der Waals surface area contributed by atoms with Crippen LogP contribution in [0.2, 0.25) is 0 Å². The van der Waals surface area contributed by atoms with Crippen molar-refractivity contribution in [2.45, 2.75) is 39.5 Å². The summed E-state index contributed by atoms with van der Waals surface area (Å²) >= 11 is 0. The van der Waals surface area contributed by atoms with Gasteiger partial charge in [0.2, 0.25) is 6.23 Å². The SMILES string of the molecule is CCOc1ccc(C2=NN3[C@H](C2)c2cccc(OCC)c2O[C@@H]3c2ccc(OCC)cc2)cc1. The number of benzene rings is 3. The zero-order valence-electron chi connectivity index (χ0n) is 19.9. The standard InChI is InChI=1S/C28H30N2O4/c1-4-31-21-14-10-19(11-15-21)24-18-25-23-8-7-9-26(33-6-3)27(23)34-28(30(25)29-24)20-12-16-22(17-13-20)32-5-2/h7-17,25,28H,4-6,18H2,1-3H3/t25-,28-/m1/s1. The quantitative estimate of drug-likeness (QED) is 0.407. The van der Waals surface area contributed by atoms with E-state index in [9.17, 15) is 0 Å². The zero-order valence-corrected chi connectivity index (χ0v) is 19.9. The summed E-state index contributed by atoms with van der Waals surface area (Å²) in [5.74, 6) is 3.27. The van der Waals surface area contributed by atoms with E-state index < -0.39 is 0 Å². The molecule has 2 heterocycles. The van der Waals surface area contributed by atoms with Crippen LogP contribution in [-0.4, -0.2) is 30.5 Å². The monoisotopic (exact) mass is 458 g/mol. The molecule has 0 bridgehead atoms. The summed E-state index contributed by atoms with van der Waals surface area (Å²) in [7, 11) is 0. The first-order valence-electron chi connectivity index (χ1n) is 12.0. The molecule has 3 aromatic carbocycles. The van der Waals surface area contributed by atoms with E-state index in [1.54, 1.807) is 0 Å². The van der Waals surface area contributed by atoms with Gasteiger partial charge in [-0.3, -0.25) is 0 Å². The molecule has 6 heteroatoms. The van der Waals surface area contributed by atoms with Crippen LogP contribution in [0.1, 0.15) is 56.2 Å². The summed E-state index contributed by atoms with van der Waals surface area (Å²) in [4.78, 5) is 0. The number of nitrogens with zero attached hydrogens (tertiary/aromatic N) is 2. The molecule has 0 aromatic heterocycles. The van der Waals surface area contributed by atoms with Gasteiger partial charge in [-0.25, -0.2) is 5.01 Å². The first-order chi connectivity index (χ1) is 16.7. The molecule has 0 unspecified atom stereocenters. The van der Waals surface area contributed by atoms with Gasteiger partial charge in [-0.15, -0.1) is 0 Å². The second-order valence-corrected chi connectivity index (χ2v) is 8.18. The lowest BCUT2D eigenvalue weighted by atomic mass is 9.95. The third-order valence-electron chi connectivity index (χ3n) is 6.05. The minimum absolute atomic E-state index is 0.0577. The first kappa shape index (κ1) is 22.1. The van der Waals surface area contributed by atoms with Gasteiger partial charge in [0.1, 0.15) is 11.5 Å². The van der Waals surface area contributed by atoms with Gasteiger partial charge in [-0.05, 0) is 80.9 Å². The molecule has 34 heavy (non-hydrogen) atoms. The molecule has 0 saturated heterocycles. The van der Waals surface area contributed by atoms with Gasteiger partial charge in [-0.1, -0.05) is 12.1 Å². The molecule has 176 valence electrons. The van der Waals surface area contributed by atoms with E-state index in [1.165, 1.54) is 0 Å². The molecule has 5 rings (SSSR count). The van der Waals surface area contributed by atoms with Crippen LogP contribution in [0.4, 0.5) is 0 Å². The Bertz CT molecular complexity index is 1160. The highest BCUT2D eigenvalue weighted by molar-refractivity contribution is 6.02. The average molecular weight is 459 g/mol. The van der Waals surface area contributed by atoms with Crippen LogP contribution in [0.25, 0.3) is 0 Å². The van der Waals surface area contributed by atoms with E-state index in [0.717, 1.165) is 51.8 Å². The van der Waals surface area contributed by atoms with Crippen LogP contribution in [0.5, 0.6) is 23.0 Å². The highest BCUT2D eigenvalue weighted by Crippen LogP contribution is 2.50. The molecule has 0 amide bonds. The van der Waals surface area contributed by atoms with Gasteiger partial charge in [0.05, 0.1) is 31.6 Å². The molecule has 2 aliphatic rings. The van der Waals surface area contributed by atoms with E-state index >= 15 is 0 Å². The Hall–Kier alpha value is -3.67. The molecule has 0 spiro atoms. The Labute approximate surface area is 200 Å². The number of fused-ring (bicyclic) bond motifs is 3. The Morgan fingerprint density at radius 3 is 2.12 bits per heavy atom. The fourth-order valence-electron chi connectivity index (χ4n) is 4.55. The average Bonchev–Trinajstić information content (AvgIpc) is 3.31. The van der Waals surface area contributed by atoms with Crippen molar-refractivity contribution in [3.8, 4) is 23.0 Å². The fraction of sp³-hybridized carbons (Fsp3) is 0.321. The molecule has 2 atom stereocenters. The topological polar surface area (TPSA) is 52.5 Å². The Kier molecular flexibility index (Phi) is 6.30. The number of hydrogen-bond donors (Lipinski definition) is 0. The van der Waals surface area contributed by atoms with Crippen molar-refractivity contribution in [3.63, 3.8) is 0 Å². The Balaban J connectivity index is 1.53. The lowest BCUT2D eigenvalue weighted by molar-refractivity contribution is -0.0212. The summed E-state index contributed by atoms with van der Waals surface area (Å²) in [6.07, 6.45) is 0.419. The summed E-state index contributed by atoms with van der Waals surface area (Å²) < 4.78 is 23.7. The molecule has 0 fully saturated rings. The van der Waals surface area contributed by atoms with Gasteiger partial charge in [-0.2, -0.15) is 5.10 Å². The first-order valence-corrected chi connectivity index (χ1v) is 12.0. The maximum absolute atomic E-state index is 6.58. The number of hydrogen-bond acceptors (Lipinski definition) is 6. The predicted molar refractivity (Wildman–Crippen MR) is 132 cm³/mol. The number of ether oxygens (including phenoxy) is 4. The molecule has 0 aliphatic carbocycles. The van der Waals surface area contributed by atoms with Crippen LogP contribution < -0.4 is 18.9 Å². The minimum atomic E-state index is -0.366. The highest BCUT2D eigenvalue weighted by atomic mass is 16.5. The van der Waals surface area contributed by atoms with Gasteiger partial charge < -0.3 is 18.9 Å².